The van der Waals surface area contributed by atoms with Gasteiger partial charge in [-0.15, -0.1) is 0 Å². The molecule has 0 aliphatic carbocycles. The maximum absolute atomic E-state index is 11.9. The summed E-state index contributed by atoms with van der Waals surface area (Å²) in [5.74, 6) is -0.466. The number of amides is 2. The SMILES string of the molecule is CCC(=O)N(C(=O)CC)N1Cc2ccccc2C=N1. The minimum absolute atomic E-state index is 0.233. The van der Waals surface area contributed by atoms with E-state index in [0.717, 1.165) is 16.1 Å². The summed E-state index contributed by atoms with van der Waals surface area (Å²) < 4.78 is 0. The van der Waals surface area contributed by atoms with E-state index in [2.05, 4.69) is 5.10 Å². The summed E-state index contributed by atoms with van der Waals surface area (Å²) >= 11 is 0. The lowest BCUT2D eigenvalue weighted by molar-refractivity contribution is -0.165. The maximum atomic E-state index is 11.9. The molecule has 2 rings (SSSR count). The van der Waals surface area contributed by atoms with Crippen LogP contribution in [0.15, 0.2) is 29.4 Å². The van der Waals surface area contributed by atoms with Gasteiger partial charge in [-0.2, -0.15) is 15.2 Å². The van der Waals surface area contributed by atoms with Gasteiger partial charge in [-0.3, -0.25) is 9.59 Å². The molecule has 0 aromatic heterocycles. The molecular formula is C14H17N3O2. The summed E-state index contributed by atoms with van der Waals surface area (Å²) in [6, 6.07) is 7.80. The Labute approximate surface area is 112 Å². The highest BCUT2D eigenvalue weighted by atomic mass is 16.2. The van der Waals surface area contributed by atoms with Gasteiger partial charge >= 0.3 is 0 Å². The van der Waals surface area contributed by atoms with Crippen molar-refractivity contribution in [3.63, 3.8) is 0 Å². The predicted molar refractivity (Wildman–Crippen MR) is 72.0 cm³/mol. The van der Waals surface area contributed by atoms with E-state index in [-0.39, 0.29) is 24.7 Å². The zero-order valence-electron chi connectivity index (χ0n) is 11.2. The molecule has 0 N–H and O–H groups in total. The van der Waals surface area contributed by atoms with Gasteiger partial charge < -0.3 is 0 Å². The molecule has 0 fully saturated rings. The summed E-state index contributed by atoms with van der Waals surface area (Å²) in [5.41, 5.74) is 2.07. The Morgan fingerprint density at radius 1 is 1.21 bits per heavy atom. The molecule has 19 heavy (non-hydrogen) atoms. The molecule has 2 amide bonds. The first-order chi connectivity index (χ1) is 9.17. The van der Waals surface area contributed by atoms with Crippen LogP contribution < -0.4 is 0 Å². The maximum Gasteiger partial charge on any atom is 0.249 e. The van der Waals surface area contributed by atoms with Crippen LogP contribution in [0.25, 0.3) is 0 Å². The highest BCUT2D eigenvalue weighted by Gasteiger charge is 2.27. The van der Waals surface area contributed by atoms with Crippen LogP contribution in [0.2, 0.25) is 0 Å². The van der Waals surface area contributed by atoms with Crippen LogP contribution in [0, 0.1) is 0 Å². The molecule has 5 nitrogen and oxygen atoms in total. The van der Waals surface area contributed by atoms with Crippen molar-refractivity contribution in [2.75, 3.05) is 0 Å². The number of fused-ring (bicyclic) bond motifs is 1. The van der Waals surface area contributed by atoms with Crippen LogP contribution in [-0.4, -0.2) is 28.2 Å². The van der Waals surface area contributed by atoms with Crippen LogP contribution in [0.5, 0.6) is 0 Å². The van der Waals surface area contributed by atoms with E-state index >= 15 is 0 Å². The Hall–Kier alpha value is -2.17. The molecule has 0 atom stereocenters. The van der Waals surface area contributed by atoms with Crippen molar-refractivity contribution in [3.05, 3.63) is 35.4 Å². The Balaban J connectivity index is 2.27. The molecule has 0 saturated heterocycles. The fourth-order valence-electron chi connectivity index (χ4n) is 1.94. The van der Waals surface area contributed by atoms with E-state index in [0.29, 0.717) is 6.54 Å². The largest absolute Gasteiger partial charge is 0.272 e. The molecule has 100 valence electrons. The van der Waals surface area contributed by atoms with Crippen LogP contribution in [0.3, 0.4) is 0 Å². The van der Waals surface area contributed by atoms with E-state index in [9.17, 15) is 9.59 Å². The number of imide groups is 1. The monoisotopic (exact) mass is 259 g/mol. The normalized spacial score (nSPS) is 13.1. The topological polar surface area (TPSA) is 53.0 Å². The van der Waals surface area contributed by atoms with Gasteiger partial charge in [-0.05, 0) is 11.1 Å². The van der Waals surface area contributed by atoms with Crippen molar-refractivity contribution in [3.8, 4) is 0 Å². The van der Waals surface area contributed by atoms with Crippen molar-refractivity contribution in [2.24, 2.45) is 5.10 Å². The Bertz CT molecular complexity index is 509. The minimum Gasteiger partial charge on any atom is -0.272 e. The third-order valence-electron chi connectivity index (χ3n) is 3.01. The van der Waals surface area contributed by atoms with E-state index < -0.39 is 0 Å². The van der Waals surface area contributed by atoms with Crippen LogP contribution >= 0.6 is 0 Å². The van der Waals surface area contributed by atoms with Crippen molar-refractivity contribution >= 4 is 18.0 Å². The standard InChI is InChI=1S/C14H17N3O2/c1-3-13(18)17(14(19)4-2)16-10-12-8-6-5-7-11(12)9-15-16/h5-9H,3-4,10H2,1-2H3. The second-order valence-corrected chi connectivity index (χ2v) is 4.28. The second kappa shape index (κ2) is 5.65. The van der Waals surface area contributed by atoms with Crippen LogP contribution in [-0.2, 0) is 16.1 Å². The summed E-state index contributed by atoms with van der Waals surface area (Å²) in [4.78, 5) is 23.8. The summed E-state index contributed by atoms with van der Waals surface area (Å²) in [6.45, 7) is 3.91. The summed E-state index contributed by atoms with van der Waals surface area (Å²) in [6.07, 6.45) is 2.23. The van der Waals surface area contributed by atoms with Gasteiger partial charge in [0.15, 0.2) is 0 Å². The van der Waals surface area contributed by atoms with Gasteiger partial charge in [0.25, 0.3) is 0 Å². The van der Waals surface area contributed by atoms with Crippen molar-refractivity contribution < 1.29 is 9.59 Å². The number of carbonyl (C=O) groups excluding carboxylic acids is 2. The van der Waals surface area contributed by atoms with E-state index in [1.807, 2.05) is 24.3 Å². The van der Waals surface area contributed by atoms with Gasteiger partial charge in [0, 0.05) is 12.8 Å². The lowest BCUT2D eigenvalue weighted by Crippen LogP contribution is -2.47. The number of hydrazone groups is 1. The van der Waals surface area contributed by atoms with Gasteiger partial charge in [-0.25, -0.2) is 0 Å². The number of carbonyl (C=O) groups is 2. The molecule has 0 bridgehead atoms. The first-order valence-electron chi connectivity index (χ1n) is 6.42. The summed E-state index contributed by atoms with van der Waals surface area (Å²) in [7, 11) is 0. The highest BCUT2D eigenvalue weighted by molar-refractivity contribution is 5.94. The third kappa shape index (κ3) is 2.65. The van der Waals surface area contributed by atoms with E-state index in [1.165, 1.54) is 5.12 Å². The van der Waals surface area contributed by atoms with Crippen molar-refractivity contribution in [1.82, 2.24) is 10.1 Å². The highest BCUT2D eigenvalue weighted by Crippen LogP contribution is 2.18. The average molecular weight is 259 g/mol. The van der Waals surface area contributed by atoms with Gasteiger partial charge in [-0.1, -0.05) is 38.1 Å². The zero-order chi connectivity index (χ0) is 13.8. The molecule has 0 spiro atoms. The van der Waals surface area contributed by atoms with Gasteiger partial charge in [0.2, 0.25) is 11.8 Å². The fourth-order valence-corrected chi connectivity index (χ4v) is 1.94. The first kappa shape index (κ1) is 13.3. The third-order valence-corrected chi connectivity index (χ3v) is 3.01. The number of nitrogens with zero attached hydrogens (tertiary/aromatic N) is 3. The lowest BCUT2D eigenvalue weighted by atomic mass is 10.1. The number of hydrazine groups is 1. The van der Waals surface area contributed by atoms with Crippen molar-refractivity contribution in [1.29, 1.82) is 0 Å². The van der Waals surface area contributed by atoms with Gasteiger partial charge in [0.1, 0.15) is 0 Å². The van der Waals surface area contributed by atoms with E-state index in [4.69, 9.17) is 0 Å². The molecule has 1 aromatic rings. The Kier molecular flexibility index (Phi) is 3.94. The molecule has 0 unspecified atom stereocenters. The molecule has 0 radical (unpaired) electrons. The van der Waals surface area contributed by atoms with Gasteiger partial charge in [0.05, 0.1) is 12.8 Å². The number of rotatable bonds is 3. The van der Waals surface area contributed by atoms with Crippen molar-refractivity contribution in [2.45, 2.75) is 33.2 Å². The molecule has 0 saturated carbocycles. The number of hydrogen-bond donors (Lipinski definition) is 0. The molecular weight excluding hydrogens is 242 g/mol. The number of hydrogen-bond acceptors (Lipinski definition) is 4. The number of benzene rings is 1. The smallest absolute Gasteiger partial charge is 0.249 e. The van der Waals surface area contributed by atoms with Crippen LogP contribution in [0.1, 0.15) is 37.8 Å². The fraction of sp³-hybridized carbons (Fsp3) is 0.357. The Morgan fingerprint density at radius 2 is 1.84 bits per heavy atom. The van der Waals surface area contributed by atoms with E-state index in [1.54, 1.807) is 20.1 Å². The molecule has 1 aliphatic heterocycles. The Morgan fingerprint density at radius 3 is 2.47 bits per heavy atom. The molecule has 1 aliphatic rings. The molecule has 1 aromatic carbocycles. The summed E-state index contributed by atoms with van der Waals surface area (Å²) in [5, 5.41) is 6.79. The van der Waals surface area contributed by atoms with Crippen LogP contribution in [0.4, 0.5) is 0 Å². The molecule has 5 heteroatoms. The lowest BCUT2D eigenvalue weighted by Gasteiger charge is -2.32. The second-order valence-electron chi connectivity index (χ2n) is 4.28. The quantitative estimate of drug-likeness (QED) is 0.833. The molecule has 1 heterocycles. The zero-order valence-corrected chi connectivity index (χ0v) is 11.2. The predicted octanol–water partition coefficient (Wildman–Crippen LogP) is 1.93. The average Bonchev–Trinajstić information content (AvgIpc) is 2.46. The first-order valence-corrected chi connectivity index (χ1v) is 6.42. The minimum atomic E-state index is -0.233.